The minimum Gasteiger partial charge on any atom is -0.370 e. The lowest BCUT2D eigenvalue weighted by Gasteiger charge is -2.23. The summed E-state index contributed by atoms with van der Waals surface area (Å²) in [5, 5.41) is 11.5. The molecule has 23 heavy (non-hydrogen) atoms. The number of aliphatic imine (C=N–C) groups is 1. The molecule has 126 valence electrons. The largest absolute Gasteiger partial charge is 0.370 e. The van der Waals surface area contributed by atoms with Crippen molar-refractivity contribution in [3.63, 3.8) is 0 Å². The first-order chi connectivity index (χ1) is 10.8. The highest BCUT2D eigenvalue weighted by molar-refractivity contribution is 14.0. The average Bonchev–Trinajstić information content (AvgIpc) is 3.17. The van der Waals surface area contributed by atoms with Crippen molar-refractivity contribution in [2.45, 2.75) is 32.4 Å². The van der Waals surface area contributed by atoms with Gasteiger partial charge in [0.25, 0.3) is 0 Å². The maximum absolute atomic E-state index is 5.96. The summed E-state index contributed by atoms with van der Waals surface area (Å²) in [7, 11) is 0. The van der Waals surface area contributed by atoms with E-state index in [0.717, 1.165) is 24.6 Å². The number of rotatable bonds is 5. The zero-order valence-corrected chi connectivity index (χ0v) is 15.7. The first-order valence-corrected chi connectivity index (χ1v) is 7.84. The number of fused-ring (bicyclic) bond motifs is 1. The van der Waals surface area contributed by atoms with Crippen molar-refractivity contribution in [3.8, 4) is 0 Å². The second-order valence-electron chi connectivity index (χ2n) is 5.55. The van der Waals surface area contributed by atoms with Crippen molar-refractivity contribution in [2.24, 2.45) is 10.7 Å². The van der Waals surface area contributed by atoms with Crippen molar-refractivity contribution in [1.29, 1.82) is 0 Å². The Hall–Kier alpha value is -1.42. The molecule has 3 N–H and O–H groups in total. The number of halogens is 1. The summed E-state index contributed by atoms with van der Waals surface area (Å²) < 4.78 is 1.92. The van der Waals surface area contributed by atoms with Crippen LogP contribution in [0.2, 0.25) is 0 Å². The van der Waals surface area contributed by atoms with Gasteiger partial charge in [-0.25, -0.2) is 4.99 Å². The lowest BCUT2D eigenvalue weighted by molar-refractivity contribution is 0.267. The molecule has 2 aromatic rings. The number of likely N-dealkylation sites (N-methyl/N-ethyl adjacent to an activating group) is 1. The van der Waals surface area contributed by atoms with Gasteiger partial charge in [0.2, 0.25) is 0 Å². The molecule has 1 unspecified atom stereocenters. The molecule has 7 nitrogen and oxygen atoms in total. The zero-order valence-electron chi connectivity index (χ0n) is 13.4. The van der Waals surface area contributed by atoms with Gasteiger partial charge in [0.05, 0.1) is 0 Å². The van der Waals surface area contributed by atoms with Gasteiger partial charge in [-0.05, 0) is 38.1 Å². The number of guanidine groups is 1. The van der Waals surface area contributed by atoms with Crippen LogP contribution in [0.5, 0.6) is 0 Å². The van der Waals surface area contributed by atoms with E-state index in [1.807, 2.05) is 28.8 Å². The van der Waals surface area contributed by atoms with Crippen molar-refractivity contribution in [3.05, 3.63) is 30.2 Å². The predicted octanol–water partition coefficient (Wildman–Crippen LogP) is 1.24. The number of nitrogens with two attached hydrogens (primary N) is 1. The van der Waals surface area contributed by atoms with E-state index in [1.165, 1.54) is 19.4 Å². The van der Waals surface area contributed by atoms with Crippen LogP contribution in [-0.4, -0.2) is 51.1 Å². The summed E-state index contributed by atoms with van der Waals surface area (Å²) in [4.78, 5) is 6.85. The van der Waals surface area contributed by atoms with Crippen molar-refractivity contribution in [1.82, 2.24) is 24.8 Å². The Morgan fingerprint density at radius 3 is 3.13 bits per heavy atom. The van der Waals surface area contributed by atoms with E-state index in [-0.39, 0.29) is 24.0 Å². The molecule has 1 atom stereocenters. The summed E-state index contributed by atoms with van der Waals surface area (Å²) in [5.41, 5.74) is 6.79. The molecule has 1 aliphatic rings. The SMILES string of the molecule is CCN1CCCC1CNC(N)=NCc1nnc2ccccn12.I. The van der Waals surface area contributed by atoms with Crippen LogP contribution in [-0.2, 0) is 6.54 Å². The fourth-order valence-electron chi connectivity index (χ4n) is 2.98. The minimum absolute atomic E-state index is 0. The van der Waals surface area contributed by atoms with E-state index in [1.54, 1.807) is 0 Å². The number of nitrogens with one attached hydrogen (secondary N) is 1. The molecule has 1 fully saturated rings. The third kappa shape index (κ3) is 4.31. The third-order valence-electron chi connectivity index (χ3n) is 4.20. The van der Waals surface area contributed by atoms with Crippen LogP contribution in [0.1, 0.15) is 25.6 Å². The van der Waals surface area contributed by atoms with Crippen LogP contribution < -0.4 is 11.1 Å². The molecule has 3 rings (SSSR count). The Morgan fingerprint density at radius 1 is 1.43 bits per heavy atom. The highest BCUT2D eigenvalue weighted by Crippen LogP contribution is 2.15. The van der Waals surface area contributed by atoms with Crippen LogP contribution in [0.4, 0.5) is 0 Å². The average molecular weight is 429 g/mol. The Labute approximate surface area is 153 Å². The molecule has 0 aromatic carbocycles. The van der Waals surface area contributed by atoms with Crippen LogP contribution in [0.15, 0.2) is 29.4 Å². The molecule has 3 heterocycles. The predicted molar refractivity (Wildman–Crippen MR) is 102 cm³/mol. The Balaban J connectivity index is 0.00000192. The van der Waals surface area contributed by atoms with E-state index >= 15 is 0 Å². The highest BCUT2D eigenvalue weighted by Gasteiger charge is 2.22. The summed E-state index contributed by atoms with van der Waals surface area (Å²) in [6.45, 7) is 5.75. The fourth-order valence-corrected chi connectivity index (χ4v) is 2.98. The number of nitrogens with zero attached hydrogens (tertiary/aromatic N) is 5. The van der Waals surface area contributed by atoms with Crippen LogP contribution in [0.3, 0.4) is 0 Å². The molecule has 8 heteroatoms. The normalized spacial score (nSPS) is 19.0. The zero-order chi connectivity index (χ0) is 15.4. The lowest BCUT2D eigenvalue weighted by Crippen LogP contribution is -2.42. The Morgan fingerprint density at radius 2 is 2.30 bits per heavy atom. The molecule has 0 radical (unpaired) electrons. The van der Waals surface area contributed by atoms with Gasteiger partial charge in [0.1, 0.15) is 6.54 Å². The number of hydrogen-bond donors (Lipinski definition) is 2. The second-order valence-corrected chi connectivity index (χ2v) is 5.55. The fraction of sp³-hybridized carbons (Fsp3) is 0.533. The standard InChI is InChI=1S/C15H23N7.HI/c1-2-21-8-5-6-12(21)10-17-15(16)18-11-14-20-19-13-7-3-4-9-22(13)14;/h3-4,7,9,12H,2,5-6,8,10-11H2,1H3,(H3,16,17,18);1H. The number of likely N-dealkylation sites (tertiary alicyclic amines) is 1. The Bertz CT molecular complexity index is 654. The van der Waals surface area contributed by atoms with Crippen molar-refractivity contribution < 1.29 is 0 Å². The molecular formula is C15H24IN7. The maximum atomic E-state index is 5.96. The maximum Gasteiger partial charge on any atom is 0.189 e. The highest BCUT2D eigenvalue weighted by atomic mass is 127. The Kier molecular flexibility index (Phi) is 6.58. The summed E-state index contributed by atoms with van der Waals surface area (Å²) >= 11 is 0. The van der Waals surface area contributed by atoms with Crippen molar-refractivity contribution >= 4 is 35.6 Å². The smallest absolute Gasteiger partial charge is 0.189 e. The van der Waals surface area contributed by atoms with Gasteiger partial charge < -0.3 is 11.1 Å². The van der Waals surface area contributed by atoms with E-state index in [4.69, 9.17) is 5.73 Å². The quantitative estimate of drug-likeness (QED) is 0.425. The molecule has 2 aromatic heterocycles. The van der Waals surface area contributed by atoms with E-state index in [9.17, 15) is 0 Å². The number of aromatic nitrogens is 3. The first-order valence-electron chi connectivity index (χ1n) is 7.84. The van der Waals surface area contributed by atoms with Crippen molar-refractivity contribution in [2.75, 3.05) is 19.6 Å². The number of pyridine rings is 1. The van der Waals surface area contributed by atoms with Gasteiger partial charge in [0.15, 0.2) is 17.4 Å². The molecular weight excluding hydrogens is 405 g/mol. The van der Waals surface area contributed by atoms with Gasteiger partial charge >= 0.3 is 0 Å². The van der Waals surface area contributed by atoms with Crippen LogP contribution >= 0.6 is 24.0 Å². The number of hydrogen-bond acceptors (Lipinski definition) is 4. The molecule has 0 amide bonds. The first kappa shape index (κ1) is 17.9. The van der Waals surface area contributed by atoms with Gasteiger partial charge in [-0.1, -0.05) is 13.0 Å². The van der Waals surface area contributed by atoms with E-state index in [2.05, 4.69) is 32.3 Å². The molecule has 0 spiro atoms. The van der Waals surface area contributed by atoms with Gasteiger partial charge in [-0.2, -0.15) is 0 Å². The summed E-state index contributed by atoms with van der Waals surface area (Å²) in [6.07, 6.45) is 4.42. The molecule has 0 bridgehead atoms. The van der Waals surface area contributed by atoms with Crippen LogP contribution in [0.25, 0.3) is 5.65 Å². The van der Waals surface area contributed by atoms with E-state index < -0.39 is 0 Å². The summed E-state index contributed by atoms with van der Waals surface area (Å²) in [5.74, 6) is 1.26. The molecule has 1 aliphatic heterocycles. The summed E-state index contributed by atoms with van der Waals surface area (Å²) in [6, 6.07) is 6.37. The topological polar surface area (TPSA) is 83.8 Å². The van der Waals surface area contributed by atoms with Gasteiger partial charge in [-0.3, -0.25) is 9.30 Å². The van der Waals surface area contributed by atoms with Gasteiger partial charge in [-0.15, -0.1) is 34.2 Å². The van der Waals surface area contributed by atoms with Gasteiger partial charge in [0, 0.05) is 18.8 Å². The monoisotopic (exact) mass is 429 g/mol. The molecule has 0 aliphatic carbocycles. The second kappa shape index (κ2) is 8.44. The molecule has 1 saturated heterocycles. The van der Waals surface area contributed by atoms with Crippen LogP contribution in [0, 0.1) is 0 Å². The third-order valence-corrected chi connectivity index (χ3v) is 4.20. The molecule has 0 saturated carbocycles. The minimum atomic E-state index is 0. The van der Waals surface area contributed by atoms with E-state index in [0.29, 0.717) is 18.5 Å². The lowest BCUT2D eigenvalue weighted by atomic mass is 10.2.